The van der Waals surface area contributed by atoms with Crippen LogP contribution in [-0.4, -0.2) is 19.1 Å². The minimum atomic E-state index is -0.0445. The van der Waals surface area contributed by atoms with Crippen molar-refractivity contribution in [2.45, 2.75) is 51.6 Å². The zero-order valence-corrected chi connectivity index (χ0v) is 8.71. The van der Waals surface area contributed by atoms with Gasteiger partial charge in [-0.15, -0.1) is 0 Å². The number of hydrogen-bond acceptors (Lipinski definition) is 3. The van der Waals surface area contributed by atoms with Gasteiger partial charge >= 0.3 is 5.97 Å². The van der Waals surface area contributed by atoms with E-state index >= 15 is 0 Å². The van der Waals surface area contributed by atoms with Gasteiger partial charge in [-0.25, -0.2) is 0 Å². The fraction of sp³-hybridized carbons (Fsp3) is 0.900. The first kappa shape index (κ1) is 12.4. The molecule has 0 bridgehead atoms. The van der Waals surface area contributed by atoms with E-state index in [-0.39, 0.29) is 12.1 Å². The molecule has 13 heavy (non-hydrogen) atoms. The molecule has 0 aromatic rings. The summed E-state index contributed by atoms with van der Waals surface area (Å²) in [4.78, 5) is 10.9. The van der Waals surface area contributed by atoms with Crippen molar-refractivity contribution in [3.63, 3.8) is 0 Å². The Kier molecular flexibility index (Phi) is 7.69. The first-order chi connectivity index (χ1) is 6.33. The van der Waals surface area contributed by atoms with Crippen LogP contribution in [0.1, 0.15) is 45.4 Å². The SMILES string of the molecule is CCC(=O)OC1CCCCC1.CN. The van der Waals surface area contributed by atoms with Crippen molar-refractivity contribution in [1.29, 1.82) is 0 Å². The van der Waals surface area contributed by atoms with Crippen LogP contribution >= 0.6 is 0 Å². The molecule has 0 amide bonds. The van der Waals surface area contributed by atoms with E-state index in [1.54, 1.807) is 0 Å². The monoisotopic (exact) mass is 187 g/mol. The summed E-state index contributed by atoms with van der Waals surface area (Å²) in [7, 11) is 1.50. The molecule has 1 rings (SSSR count). The minimum Gasteiger partial charge on any atom is -0.462 e. The number of carbonyl (C=O) groups excluding carboxylic acids is 1. The van der Waals surface area contributed by atoms with Gasteiger partial charge in [-0.05, 0) is 32.7 Å². The first-order valence-corrected chi connectivity index (χ1v) is 5.10. The van der Waals surface area contributed by atoms with Crippen LogP contribution in [0.3, 0.4) is 0 Å². The highest BCUT2D eigenvalue weighted by molar-refractivity contribution is 5.69. The van der Waals surface area contributed by atoms with Gasteiger partial charge in [-0.2, -0.15) is 0 Å². The highest BCUT2D eigenvalue weighted by Crippen LogP contribution is 2.20. The molecule has 3 heteroatoms. The Morgan fingerprint density at radius 2 is 1.85 bits per heavy atom. The van der Waals surface area contributed by atoms with E-state index in [0.29, 0.717) is 6.42 Å². The van der Waals surface area contributed by atoms with Crippen LogP contribution in [0.25, 0.3) is 0 Å². The van der Waals surface area contributed by atoms with Crippen molar-refractivity contribution in [3.8, 4) is 0 Å². The Morgan fingerprint density at radius 3 is 2.31 bits per heavy atom. The van der Waals surface area contributed by atoms with Gasteiger partial charge in [0, 0.05) is 6.42 Å². The Bertz CT molecular complexity index is 131. The van der Waals surface area contributed by atoms with E-state index in [1.165, 1.54) is 26.3 Å². The zero-order valence-electron chi connectivity index (χ0n) is 8.71. The third-order valence-electron chi connectivity index (χ3n) is 2.14. The molecule has 0 aromatic carbocycles. The van der Waals surface area contributed by atoms with Crippen LogP contribution in [0.5, 0.6) is 0 Å². The van der Waals surface area contributed by atoms with Gasteiger partial charge in [0.25, 0.3) is 0 Å². The van der Waals surface area contributed by atoms with Crippen LogP contribution in [0.2, 0.25) is 0 Å². The number of carbonyl (C=O) groups is 1. The maximum absolute atomic E-state index is 10.9. The molecular formula is C10H21NO2. The topological polar surface area (TPSA) is 52.3 Å². The van der Waals surface area contributed by atoms with Crippen molar-refractivity contribution < 1.29 is 9.53 Å². The van der Waals surface area contributed by atoms with Gasteiger partial charge in [-0.1, -0.05) is 13.3 Å². The largest absolute Gasteiger partial charge is 0.462 e. The van der Waals surface area contributed by atoms with Crippen molar-refractivity contribution in [3.05, 3.63) is 0 Å². The van der Waals surface area contributed by atoms with Crippen LogP contribution in [0.4, 0.5) is 0 Å². The quantitative estimate of drug-likeness (QED) is 0.671. The Labute approximate surface area is 80.6 Å². The van der Waals surface area contributed by atoms with E-state index in [4.69, 9.17) is 4.74 Å². The second-order valence-electron chi connectivity index (χ2n) is 3.10. The average Bonchev–Trinajstić information content (AvgIpc) is 2.22. The Hall–Kier alpha value is -0.570. The molecule has 0 spiro atoms. The summed E-state index contributed by atoms with van der Waals surface area (Å²) in [6, 6.07) is 0. The molecule has 1 saturated carbocycles. The van der Waals surface area contributed by atoms with E-state index in [9.17, 15) is 4.79 Å². The molecule has 0 atom stereocenters. The van der Waals surface area contributed by atoms with Crippen LogP contribution < -0.4 is 5.73 Å². The lowest BCUT2D eigenvalue weighted by Gasteiger charge is -2.21. The third-order valence-corrected chi connectivity index (χ3v) is 2.14. The normalized spacial score (nSPS) is 17.2. The number of nitrogens with two attached hydrogens (primary N) is 1. The molecule has 2 N–H and O–H groups in total. The minimum absolute atomic E-state index is 0.0445. The average molecular weight is 187 g/mol. The Morgan fingerprint density at radius 1 is 1.31 bits per heavy atom. The molecule has 0 unspecified atom stereocenters. The lowest BCUT2D eigenvalue weighted by molar-refractivity contribution is -0.150. The summed E-state index contributed by atoms with van der Waals surface area (Å²) in [6.07, 6.45) is 6.65. The maximum atomic E-state index is 10.9. The smallest absolute Gasteiger partial charge is 0.305 e. The summed E-state index contributed by atoms with van der Waals surface area (Å²) < 4.78 is 5.20. The molecular weight excluding hydrogens is 166 g/mol. The molecule has 1 aliphatic carbocycles. The molecule has 0 saturated heterocycles. The summed E-state index contributed by atoms with van der Waals surface area (Å²) in [5.41, 5.74) is 4.50. The van der Waals surface area contributed by atoms with Gasteiger partial charge < -0.3 is 10.5 Å². The van der Waals surface area contributed by atoms with E-state index in [2.05, 4.69) is 5.73 Å². The van der Waals surface area contributed by atoms with E-state index in [1.807, 2.05) is 6.92 Å². The summed E-state index contributed by atoms with van der Waals surface area (Å²) >= 11 is 0. The first-order valence-electron chi connectivity index (χ1n) is 5.10. The summed E-state index contributed by atoms with van der Waals surface area (Å²) in [5, 5.41) is 0. The lowest BCUT2D eigenvalue weighted by atomic mass is 9.98. The summed E-state index contributed by atoms with van der Waals surface area (Å²) in [5.74, 6) is -0.0445. The van der Waals surface area contributed by atoms with Gasteiger partial charge in [0.1, 0.15) is 6.10 Å². The number of esters is 1. The molecule has 1 fully saturated rings. The molecule has 78 valence electrons. The van der Waals surface area contributed by atoms with Crippen molar-refractivity contribution >= 4 is 5.97 Å². The molecule has 1 aliphatic rings. The van der Waals surface area contributed by atoms with Crippen LogP contribution in [0, 0.1) is 0 Å². The van der Waals surface area contributed by atoms with Gasteiger partial charge in [-0.3, -0.25) is 4.79 Å². The van der Waals surface area contributed by atoms with E-state index < -0.39 is 0 Å². The molecule has 0 radical (unpaired) electrons. The molecule has 3 nitrogen and oxygen atoms in total. The molecule has 0 aliphatic heterocycles. The fourth-order valence-corrected chi connectivity index (χ4v) is 1.45. The van der Waals surface area contributed by atoms with Crippen LogP contribution in [0.15, 0.2) is 0 Å². The number of hydrogen-bond donors (Lipinski definition) is 1. The van der Waals surface area contributed by atoms with E-state index in [0.717, 1.165) is 12.8 Å². The fourth-order valence-electron chi connectivity index (χ4n) is 1.45. The summed E-state index contributed by atoms with van der Waals surface area (Å²) in [6.45, 7) is 1.84. The predicted molar refractivity (Wildman–Crippen MR) is 53.4 cm³/mol. The highest BCUT2D eigenvalue weighted by Gasteiger charge is 2.16. The molecule has 0 heterocycles. The lowest BCUT2D eigenvalue weighted by Crippen LogP contribution is -2.20. The second-order valence-corrected chi connectivity index (χ2v) is 3.10. The third kappa shape index (κ3) is 5.64. The zero-order chi connectivity index (χ0) is 10.1. The predicted octanol–water partition coefficient (Wildman–Crippen LogP) is 1.85. The maximum Gasteiger partial charge on any atom is 0.305 e. The second kappa shape index (κ2) is 8.05. The van der Waals surface area contributed by atoms with Crippen molar-refractivity contribution in [2.24, 2.45) is 5.73 Å². The Balaban J connectivity index is 0.000000671. The van der Waals surface area contributed by atoms with Crippen molar-refractivity contribution in [1.82, 2.24) is 0 Å². The number of ether oxygens (including phenoxy) is 1. The van der Waals surface area contributed by atoms with Gasteiger partial charge in [0.05, 0.1) is 0 Å². The highest BCUT2D eigenvalue weighted by atomic mass is 16.5. The van der Waals surface area contributed by atoms with Gasteiger partial charge in [0.15, 0.2) is 0 Å². The van der Waals surface area contributed by atoms with Crippen molar-refractivity contribution in [2.75, 3.05) is 7.05 Å². The molecule has 0 aromatic heterocycles. The van der Waals surface area contributed by atoms with Crippen LogP contribution in [-0.2, 0) is 9.53 Å². The standard InChI is InChI=1S/C9H16O2.CH5N/c1-2-9(10)11-8-6-4-3-5-7-8;1-2/h8H,2-7H2,1H3;2H2,1H3. The van der Waals surface area contributed by atoms with Gasteiger partial charge in [0.2, 0.25) is 0 Å². The number of rotatable bonds is 2.